The molecule has 2 aromatic carbocycles. The van der Waals surface area contributed by atoms with E-state index in [1.807, 2.05) is 24.3 Å². The quantitative estimate of drug-likeness (QED) is 0.645. The first-order valence-electron chi connectivity index (χ1n) is 10.7. The van der Waals surface area contributed by atoms with Crippen LogP contribution < -0.4 is 19.5 Å². The van der Waals surface area contributed by atoms with E-state index in [0.29, 0.717) is 42.3 Å². The van der Waals surface area contributed by atoms with Crippen molar-refractivity contribution >= 4 is 17.8 Å². The van der Waals surface area contributed by atoms with Crippen LogP contribution in [0.15, 0.2) is 36.4 Å². The summed E-state index contributed by atoms with van der Waals surface area (Å²) in [6.07, 6.45) is 0.585. The van der Waals surface area contributed by atoms with Crippen LogP contribution in [0.5, 0.6) is 17.2 Å². The van der Waals surface area contributed by atoms with E-state index in [-0.39, 0.29) is 18.9 Å². The van der Waals surface area contributed by atoms with Gasteiger partial charge in [0.05, 0.1) is 34.3 Å². The Morgan fingerprint density at radius 1 is 1.00 bits per heavy atom. The molecule has 2 heterocycles. The molecule has 0 aliphatic carbocycles. The highest BCUT2D eigenvalue weighted by Crippen LogP contribution is 2.33. The zero-order valence-corrected chi connectivity index (χ0v) is 18.9. The summed E-state index contributed by atoms with van der Waals surface area (Å²) < 4.78 is 16.0. The first-order valence-corrected chi connectivity index (χ1v) is 10.7. The van der Waals surface area contributed by atoms with Gasteiger partial charge >= 0.3 is 6.03 Å². The van der Waals surface area contributed by atoms with Gasteiger partial charge in [-0.15, -0.1) is 0 Å². The van der Waals surface area contributed by atoms with E-state index in [1.54, 1.807) is 31.3 Å². The lowest BCUT2D eigenvalue weighted by molar-refractivity contribution is -0.136. The standard InChI is InChI=1S/C24H27N3O6/c1-31-19-7-5-4-6-16(19)14-27-23(29)18(25-24(27)30)12-22(28)26-9-8-15-10-20(32-2)21(33-3)11-17(15)13-26/h4-7,10-11,18H,8-9,12-14H2,1-3H3,(H,25,30). The number of carbonyl (C=O) groups excluding carboxylic acids is 3. The van der Waals surface area contributed by atoms with Gasteiger partial charge in [0, 0.05) is 18.7 Å². The lowest BCUT2D eigenvalue weighted by atomic mass is 9.98. The molecule has 1 atom stereocenters. The third kappa shape index (κ3) is 4.44. The van der Waals surface area contributed by atoms with Crippen molar-refractivity contribution in [1.82, 2.24) is 15.1 Å². The van der Waals surface area contributed by atoms with Crippen molar-refractivity contribution in [2.75, 3.05) is 27.9 Å². The van der Waals surface area contributed by atoms with Gasteiger partial charge in [0.25, 0.3) is 5.91 Å². The van der Waals surface area contributed by atoms with Crippen molar-refractivity contribution in [2.45, 2.75) is 32.0 Å². The summed E-state index contributed by atoms with van der Waals surface area (Å²) in [7, 11) is 4.70. The second-order valence-electron chi connectivity index (χ2n) is 7.98. The van der Waals surface area contributed by atoms with Crippen molar-refractivity contribution < 1.29 is 28.6 Å². The molecule has 2 aliphatic heterocycles. The second-order valence-corrected chi connectivity index (χ2v) is 7.98. The van der Waals surface area contributed by atoms with Crippen molar-refractivity contribution in [3.8, 4) is 17.2 Å². The number of ether oxygens (including phenoxy) is 3. The van der Waals surface area contributed by atoms with Crippen LogP contribution in [-0.2, 0) is 29.1 Å². The van der Waals surface area contributed by atoms with E-state index in [0.717, 1.165) is 16.0 Å². The number of fused-ring (bicyclic) bond motifs is 1. The van der Waals surface area contributed by atoms with Crippen molar-refractivity contribution in [3.63, 3.8) is 0 Å². The molecule has 9 nitrogen and oxygen atoms in total. The summed E-state index contributed by atoms with van der Waals surface area (Å²) in [5.74, 6) is 1.26. The molecule has 0 radical (unpaired) electrons. The van der Waals surface area contributed by atoms with Crippen molar-refractivity contribution in [2.24, 2.45) is 0 Å². The Morgan fingerprint density at radius 3 is 2.36 bits per heavy atom. The molecule has 1 fully saturated rings. The number of para-hydroxylation sites is 1. The van der Waals surface area contributed by atoms with E-state index in [1.165, 1.54) is 7.11 Å². The van der Waals surface area contributed by atoms with Crippen LogP contribution in [0.1, 0.15) is 23.1 Å². The molecule has 4 amide bonds. The van der Waals surface area contributed by atoms with Gasteiger partial charge < -0.3 is 24.4 Å². The molecule has 1 N–H and O–H groups in total. The molecule has 4 rings (SSSR count). The molecular weight excluding hydrogens is 426 g/mol. The highest BCUT2D eigenvalue weighted by atomic mass is 16.5. The summed E-state index contributed by atoms with van der Waals surface area (Å²) in [4.78, 5) is 41.2. The number of hydrogen-bond donors (Lipinski definition) is 1. The predicted octanol–water partition coefficient (Wildman–Crippen LogP) is 2.11. The van der Waals surface area contributed by atoms with Gasteiger partial charge in [-0.2, -0.15) is 0 Å². The summed E-state index contributed by atoms with van der Waals surface area (Å²) in [6, 6.07) is 9.63. The zero-order chi connectivity index (χ0) is 23.5. The number of nitrogens with zero attached hydrogens (tertiary/aromatic N) is 2. The summed E-state index contributed by atoms with van der Waals surface area (Å²) >= 11 is 0. The molecule has 1 unspecified atom stereocenters. The third-order valence-corrected chi connectivity index (χ3v) is 6.08. The molecule has 174 valence electrons. The van der Waals surface area contributed by atoms with Gasteiger partial charge in [0.15, 0.2) is 11.5 Å². The number of nitrogens with one attached hydrogen (secondary N) is 1. The third-order valence-electron chi connectivity index (χ3n) is 6.08. The van der Waals surface area contributed by atoms with Gasteiger partial charge in [-0.3, -0.25) is 14.5 Å². The fraction of sp³-hybridized carbons (Fsp3) is 0.375. The molecule has 9 heteroatoms. The molecule has 1 saturated heterocycles. The summed E-state index contributed by atoms with van der Waals surface area (Å²) in [6.45, 7) is 1.02. The van der Waals surface area contributed by atoms with Crippen molar-refractivity contribution in [3.05, 3.63) is 53.1 Å². The maximum atomic E-state index is 13.0. The van der Waals surface area contributed by atoms with Gasteiger partial charge in [0.2, 0.25) is 5.91 Å². The molecule has 2 aliphatic rings. The fourth-order valence-electron chi connectivity index (χ4n) is 4.27. The zero-order valence-electron chi connectivity index (χ0n) is 18.9. The second kappa shape index (κ2) is 9.40. The smallest absolute Gasteiger partial charge is 0.325 e. The Morgan fingerprint density at radius 2 is 1.67 bits per heavy atom. The van der Waals surface area contributed by atoms with Gasteiger partial charge in [-0.25, -0.2) is 4.79 Å². The maximum Gasteiger partial charge on any atom is 0.325 e. The molecule has 2 aromatic rings. The Labute approximate surface area is 192 Å². The Kier molecular flexibility index (Phi) is 6.39. The largest absolute Gasteiger partial charge is 0.496 e. The van der Waals surface area contributed by atoms with Crippen LogP contribution in [0.25, 0.3) is 0 Å². The Balaban J connectivity index is 1.42. The number of rotatable bonds is 7. The van der Waals surface area contributed by atoms with Gasteiger partial charge in [-0.05, 0) is 35.7 Å². The van der Waals surface area contributed by atoms with E-state index in [4.69, 9.17) is 14.2 Å². The minimum atomic E-state index is -0.883. The molecular formula is C24H27N3O6. The minimum absolute atomic E-state index is 0.0814. The highest BCUT2D eigenvalue weighted by molar-refractivity contribution is 6.05. The average molecular weight is 453 g/mol. The number of hydrogen-bond acceptors (Lipinski definition) is 6. The molecule has 33 heavy (non-hydrogen) atoms. The monoisotopic (exact) mass is 453 g/mol. The van der Waals surface area contributed by atoms with Crippen LogP contribution in [0.4, 0.5) is 4.79 Å². The number of imide groups is 1. The normalized spacial score (nSPS) is 17.5. The van der Waals surface area contributed by atoms with E-state index in [2.05, 4.69) is 5.32 Å². The fourth-order valence-corrected chi connectivity index (χ4v) is 4.27. The van der Waals surface area contributed by atoms with Crippen LogP contribution >= 0.6 is 0 Å². The summed E-state index contributed by atoms with van der Waals surface area (Å²) in [5, 5.41) is 2.65. The first kappa shape index (κ1) is 22.4. The average Bonchev–Trinajstić information content (AvgIpc) is 3.10. The number of methoxy groups -OCH3 is 3. The topological polar surface area (TPSA) is 97.4 Å². The van der Waals surface area contributed by atoms with Gasteiger partial charge in [-0.1, -0.05) is 18.2 Å². The number of amides is 4. The number of urea groups is 1. The van der Waals surface area contributed by atoms with Gasteiger partial charge in [0.1, 0.15) is 11.8 Å². The highest BCUT2D eigenvalue weighted by Gasteiger charge is 2.40. The van der Waals surface area contributed by atoms with Crippen LogP contribution in [0.2, 0.25) is 0 Å². The minimum Gasteiger partial charge on any atom is -0.496 e. The molecule has 0 saturated carbocycles. The van der Waals surface area contributed by atoms with E-state index in [9.17, 15) is 14.4 Å². The molecule has 0 bridgehead atoms. The van der Waals surface area contributed by atoms with Crippen LogP contribution in [0, 0.1) is 0 Å². The molecule has 0 aromatic heterocycles. The van der Waals surface area contributed by atoms with E-state index < -0.39 is 18.0 Å². The summed E-state index contributed by atoms with van der Waals surface area (Å²) in [5.41, 5.74) is 2.80. The maximum absolute atomic E-state index is 13.0. The lowest BCUT2D eigenvalue weighted by Gasteiger charge is -2.30. The van der Waals surface area contributed by atoms with Crippen molar-refractivity contribution in [1.29, 1.82) is 0 Å². The van der Waals surface area contributed by atoms with Crippen LogP contribution in [0.3, 0.4) is 0 Å². The Bertz CT molecular complexity index is 1090. The van der Waals surface area contributed by atoms with E-state index >= 15 is 0 Å². The lowest BCUT2D eigenvalue weighted by Crippen LogP contribution is -2.41. The predicted molar refractivity (Wildman–Crippen MR) is 119 cm³/mol. The molecule has 0 spiro atoms. The van der Waals surface area contributed by atoms with Crippen LogP contribution in [-0.4, -0.2) is 61.6 Å². The Hall–Kier alpha value is -3.75. The number of carbonyl (C=O) groups is 3. The first-order chi connectivity index (χ1) is 15.9. The number of benzene rings is 2. The SMILES string of the molecule is COc1ccccc1CN1C(=O)NC(CC(=O)N2CCc3cc(OC)c(OC)cc3C2)C1=O.